The molecule has 0 aliphatic rings. The molecule has 0 spiro atoms. The number of carbonyl (C=O) groups is 2. The topological polar surface area (TPSA) is 63.6 Å². The Morgan fingerprint density at radius 2 is 1.24 bits per heavy atom. The molecule has 1 N–H and O–H groups in total. The Morgan fingerprint density at radius 3 is 1.72 bits per heavy atom. The van der Waals surface area contributed by atoms with Crippen LogP contribution < -0.4 is 0 Å². The SMILES string of the molecule is CCCCCCCC/C=C\CCCCCCCCCC(=O)OC(CC)CC(=O)O. The van der Waals surface area contributed by atoms with E-state index in [2.05, 4.69) is 19.1 Å². The number of carboxylic acid groups (broad SMARTS) is 1. The summed E-state index contributed by atoms with van der Waals surface area (Å²) in [6.45, 7) is 4.10. The van der Waals surface area contributed by atoms with E-state index in [1.807, 2.05) is 6.92 Å². The monoisotopic (exact) mass is 410 g/mol. The van der Waals surface area contributed by atoms with Gasteiger partial charge in [0.1, 0.15) is 6.10 Å². The van der Waals surface area contributed by atoms with Crippen LogP contribution in [0, 0.1) is 0 Å². The second-order valence-corrected chi connectivity index (χ2v) is 8.16. The zero-order valence-electron chi connectivity index (χ0n) is 19.1. The Labute approximate surface area is 179 Å². The van der Waals surface area contributed by atoms with E-state index in [0.717, 1.165) is 19.3 Å². The van der Waals surface area contributed by atoms with Gasteiger partial charge in [0.2, 0.25) is 0 Å². The molecule has 29 heavy (non-hydrogen) atoms. The summed E-state index contributed by atoms with van der Waals surface area (Å²) in [5.41, 5.74) is 0. The van der Waals surface area contributed by atoms with Crippen LogP contribution >= 0.6 is 0 Å². The highest BCUT2D eigenvalue weighted by atomic mass is 16.5. The van der Waals surface area contributed by atoms with E-state index >= 15 is 0 Å². The third kappa shape index (κ3) is 21.2. The molecule has 0 rings (SSSR count). The molecule has 0 saturated heterocycles. The lowest BCUT2D eigenvalue weighted by atomic mass is 10.1. The number of hydrogen-bond donors (Lipinski definition) is 1. The normalized spacial score (nSPS) is 12.3. The van der Waals surface area contributed by atoms with Crippen LogP contribution in [0.2, 0.25) is 0 Å². The highest BCUT2D eigenvalue weighted by Crippen LogP contribution is 2.12. The summed E-state index contributed by atoms with van der Waals surface area (Å²) in [5, 5.41) is 8.76. The summed E-state index contributed by atoms with van der Waals surface area (Å²) < 4.78 is 5.21. The molecular weight excluding hydrogens is 364 g/mol. The van der Waals surface area contributed by atoms with Crippen LogP contribution in [0.5, 0.6) is 0 Å². The van der Waals surface area contributed by atoms with E-state index < -0.39 is 12.1 Å². The molecule has 4 heteroatoms. The van der Waals surface area contributed by atoms with Gasteiger partial charge in [0.05, 0.1) is 6.42 Å². The molecule has 170 valence electrons. The van der Waals surface area contributed by atoms with Crippen molar-refractivity contribution < 1.29 is 19.4 Å². The highest BCUT2D eigenvalue weighted by Gasteiger charge is 2.15. The van der Waals surface area contributed by atoms with Crippen LogP contribution in [0.3, 0.4) is 0 Å². The fraction of sp³-hybridized carbons (Fsp3) is 0.840. The van der Waals surface area contributed by atoms with Gasteiger partial charge in [-0.2, -0.15) is 0 Å². The molecule has 0 bridgehead atoms. The Bertz CT molecular complexity index is 417. The second kappa shape index (κ2) is 21.4. The number of carboxylic acids is 1. The average molecular weight is 411 g/mol. The number of aliphatic carboxylic acids is 1. The van der Waals surface area contributed by atoms with Crippen molar-refractivity contribution in [2.75, 3.05) is 0 Å². The molecular formula is C25H46O4. The first-order valence-electron chi connectivity index (χ1n) is 12.2. The maximum Gasteiger partial charge on any atom is 0.307 e. The summed E-state index contributed by atoms with van der Waals surface area (Å²) >= 11 is 0. The molecule has 0 radical (unpaired) electrons. The van der Waals surface area contributed by atoms with Gasteiger partial charge in [-0.3, -0.25) is 9.59 Å². The van der Waals surface area contributed by atoms with E-state index in [-0.39, 0.29) is 12.4 Å². The van der Waals surface area contributed by atoms with Crippen LogP contribution in [-0.2, 0) is 14.3 Å². The molecule has 0 aromatic rings. The minimum absolute atomic E-state index is 0.101. The van der Waals surface area contributed by atoms with Crippen molar-refractivity contribution >= 4 is 11.9 Å². The maximum absolute atomic E-state index is 11.7. The number of esters is 1. The first-order chi connectivity index (χ1) is 14.1. The van der Waals surface area contributed by atoms with Crippen molar-refractivity contribution in [2.45, 2.75) is 136 Å². The van der Waals surface area contributed by atoms with E-state index in [9.17, 15) is 9.59 Å². The van der Waals surface area contributed by atoms with Crippen molar-refractivity contribution in [2.24, 2.45) is 0 Å². The van der Waals surface area contributed by atoms with Gasteiger partial charge in [0.25, 0.3) is 0 Å². The van der Waals surface area contributed by atoms with Gasteiger partial charge < -0.3 is 9.84 Å². The molecule has 0 amide bonds. The predicted octanol–water partition coefficient (Wildman–Crippen LogP) is 7.60. The summed E-state index contributed by atoms with van der Waals surface area (Å²) in [7, 11) is 0. The largest absolute Gasteiger partial charge is 0.481 e. The van der Waals surface area contributed by atoms with Gasteiger partial charge in [-0.05, 0) is 38.5 Å². The van der Waals surface area contributed by atoms with Crippen LogP contribution in [0.15, 0.2) is 12.2 Å². The quantitative estimate of drug-likeness (QED) is 0.120. The predicted molar refractivity (Wildman–Crippen MR) is 121 cm³/mol. The first kappa shape index (κ1) is 27.7. The second-order valence-electron chi connectivity index (χ2n) is 8.16. The van der Waals surface area contributed by atoms with Crippen molar-refractivity contribution in [3.63, 3.8) is 0 Å². The van der Waals surface area contributed by atoms with Gasteiger partial charge in [0, 0.05) is 6.42 Å². The lowest BCUT2D eigenvalue weighted by Crippen LogP contribution is -2.20. The van der Waals surface area contributed by atoms with Crippen molar-refractivity contribution in [3.8, 4) is 0 Å². The number of allylic oxidation sites excluding steroid dienone is 2. The van der Waals surface area contributed by atoms with Crippen LogP contribution in [-0.4, -0.2) is 23.1 Å². The van der Waals surface area contributed by atoms with Gasteiger partial charge in [-0.25, -0.2) is 0 Å². The molecule has 1 unspecified atom stereocenters. The molecule has 0 heterocycles. The molecule has 0 aliphatic carbocycles. The van der Waals surface area contributed by atoms with Crippen molar-refractivity contribution in [3.05, 3.63) is 12.2 Å². The fourth-order valence-electron chi connectivity index (χ4n) is 3.40. The molecule has 0 saturated carbocycles. The van der Waals surface area contributed by atoms with E-state index in [0.29, 0.717) is 12.8 Å². The minimum atomic E-state index is -0.919. The zero-order chi connectivity index (χ0) is 21.6. The Hall–Kier alpha value is -1.32. The molecule has 0 aromatic carbocycles. The summed E-state index contributed by atoms with van der Waals surface area (Å²) in [6, 6.07) is 0. The smallest absolute Gasteiger partial charge is 0.307 e. The number of ether oxygens (including phenoxy) is 1. The maximum atomic E-state index is 11.7. The van der Waals surface area contributed by atoms with Gasteiger partial charge in [0.15, 0.2) is 0 Å². The van der Waals surface area contributed by atoms with E-state index in [1.54, 1.807) is 0 Å². The minimum Gasteiger partial charge on any atom is -0.481 e. The fourth-order valence-corrected chi connectivity index (χ4v) is 3.40. The number of rotatable bonds is 21. The standard InChI is InChI=1S/C25H46O4/c1-3-5-6-7-8-9-10-11-12-13-14-15-16-17-18-19-20-21-25(28)29-23(4-2)22-24(26)27/h11-12,23H,3-10,13-22H2,1-2H3,(H,26,27)/b12-11-. The van der Waals surface area contributed by atoms with Crippen molar-refractivity contribution in [1.82, 2.24) is 0 Å². The zero-order valence-corrected chi connectivity index (χ0v) is 19.1. The molecule has 0 aliphatic heterocycles. The lowest BCUT2D eigenvalue weighted by molar-refractivity contribution is -0.153. The van der Waals surface area contributed by atoms with Crippen molar-refractivity contribution in [1.29, 1.82) is 0 Å². The number of unbranched alkanes of at least 4 members (excludes halogenated alkanes) is 13. The summed E-state index contributed by atoms with van der Waals surface area (Å²) in [6.07, 6.45) is 23.9. The van der Waals surface area contributed by atoms with Gasteiger partial charge >= 0.3 is 11.9 Å². The van der Waals surface area contributed by atoms with Crippen LogP contribution in [0.25, 0.3) is 0 Å². The average Bonchev–Trinajstić information content (AvgIpc) is 2.69. The van der Waals surface area contributed by atoms with Crippen LogP contribution in [0.1, 0.15) is 129 Å². The number of carbonyl (C=O) groups excluding carboxylic acids is 1. The molecule has 1 atom stereocenters. The number of hydrogen-bond acceptors (Lipinski definition) is 3. The third-order valence-corrected chi connectivity index (χ3v) is 5.30. The van der Waals surface area contributed by atoms with E-state index in [4.69, 9.17) is 9.84 Å². The molecule has 0 fully saturated rings. The Morgan fingerprint density at radius 1 is 0.759 bits per heavy atom. The summed E-state index contributed by atoms with van der Waals surface area (Å²) in [5.74, 6) is -1.18. The highest BCUT2D eigenvalue weighted by molar-refractivity contribution is 5.71. The van der Waals surface area contributed by atoms with Gasteiger partial charge in [-0.15, -0.1) is 0 Å². The lowest BCUT2D eigenvalue weighted by Gasteiger charge is -2.13. The Kier molecular flexibility index (Phi) is 20.4. The summed E-state index contributed by atoms with van der Waals surface area (Å²) in [4.78, 5) is 22.4. The molecule has 0 aromatic heterocycles. The molecule has 4 nitrogen and oxygen atoms in total. The van der Waals surface area contributed by atoms with Gasteiger partial charge in [-0.1, -0.05) is 90.2 Å². The Balaban J connectivity index is 3.35. The first-order valence-corrected chi connectivity index (χ1v) is 12.2. The van der Waals surface area contributed by atoms with E-state index in [1.165, 1.54) is 77.0 Å². The van der Waals surface area contributed by atoms with Crippen LogP contribution in [0.4, 0.5) is 0 Å². The third-order valence-electron chi connectivity index (χ3n) is 5.30.